The van der Waals surface area contributed by atoms with Crippen molar-refractivity contribution in [3.05, 3.63) is 11.6 Å². The monoisotopic (exact) mass is 294 g/mol. The summed E-state index contributed by atoms with van der Waals surface area (Å²) >= 11 is 0. The van der Waals surface area contributed by atoms with E-state index in [1.165, 1.54) is 5.57 Å². The van der Waals surface area contributed by atoms with Crippen molar-refractivity contribution in [1.29, 1.82) is 0 Å². The lowest BCUT2D eigenvalue weighted by molar-refractivity contribution is -0.163. The molecule has 0 radical (unpaired) electrons. The van der Waals surface area contributed by atoms with Crippen LogP contribution >= 0.6 is 0 Å². The molecule has 3 rings (SSSR count). The van der Waals surface area contributed by atoms with Crippen LogP contribution in [0.2, 0.25) is 0 Å². The molecule has 1 spiro atoms. The zero-order valence-electron chi connectivity index (χ0n) is 13.5. The van der Waals surface area contributed by atoms with E-state index in [1.54, 1.807) is 0 Å². The van der Waals surface area contributed by atoms with Gasteiger partial charge < -0.3 is 14.6 Å². The normalized spacial score (nSPS) is 38.0. The van der Waals surface area contributed by atoms with Crippen molar-refractivity contribution in [1.82, 2.24) is 0 Å². The van der Waals surface area contributed by atoms with Crippen molar-refractivity contribution in [2.75, 3.05) is 19.8 Å². The first-order valence-electron chi connectivity index (χ1n) is 8.65. The second-order valence-electron chi connectivity index (χ2n) is 7.58. The van der Waals surface area contributed by atoms with Crippen LogP contribution in [0.1, 0.15) is 52.4 Å². The van der Waals surface area contributed by atoms with Crippen LogP contribution in [0.5, 0.6) is 0 Å². The summed E-state index contributed by atoms with van der Waals surface area (Å²) in [5.74, 6) is 1.44. The SMILES string of the molecule is CC1=CC(C)CC(C(O)C2CCOC3(CCOCC3)C2)C1. The highest BCUT2D eigenvalue weighted by Gasteiger charge is 2.42. The summed E-state index contributed by atoms with van der Waals surface area (Å²) in [5, 5.41) is 10.9. The van der Waals surface area contributed by atoms with E-state index in [0.29, 0.717) is 17.8 Å². The Kier molecular flexibility index (Phi) is 4.72. The molecule has 2 fully saturated rings. The van der Waals surface area contributed by atoms with Crippen LogP contribution in [-0.4, -0.2) is 36.6 Å². The molecule has 0 bridgehead atoms. The molecule has 0 aromatic rings. The molecule has 2 heterocycles. The van der Waals surface area contributed by atoms with Gasteiger partial charge in [0, 0.05) is 19.8 Å². The van der Waals surface area contributed by atoms with E-state index < -0.39 is 0 Å². The minimum absolute atomic E-state index is 0.00663. The Hall–Kier alpha value is -0.380. The summed E-state index contributed by atoms with van der Waals surface area (Å²) in [4.78, 5) is 0. The minimum Gasteiger partial charge on any atom is -0.393 e. The van der Waals surface area contributed by atoms with Crippen molar-refractivity contribution >= 4 is 0 Å². The Morgan fingerprint density at radius 1 is 1.24 bits per heavy atom. The standard InChI is InChI=1S/C18H30O3/c1-13-9-14(2)11-16(10-13)17(19)15-3-6-21-18(12-15)4-7-20-8-5-18/h9,13,15-17,19H,3-8,10-12H2,1-2H3. The third kappa shape index (κ3) is 3.52. The van der Waals surface area contributed by atoms with Crippen LogP contribution < -0.4 is 0 Å². The maximum Gasteiger partial charge on any atom is 0.0730 e. The van der Waals surface area contributed by atoms with E-state index >= 15 is 0 Å². The topological polar surface area (TPSA) is 38.7 Å². The average molecular weight is 294 g/mol. The highest BCUT2D eigenvalue weighted by molar-refractivity contribution is 5.08. The van der Waals surface area contributed by atoms with Gasteiger partial charge in [-0.3, -0.25) is 0 Å². The van der Waals surface area contributed by atoms with Crippen molar-refractivity contribution < 1.29 is 14.6 Å². The van der Waals surface area contributed by atoms with Crippen molar-refractivity contribution in [2.24, 2.45) is 17.8 Å². The van der Waals surface area contributed by atoms with Crippen LogP contribution in [0.15, 0.2) is 11.6 Å². The fraction of sp³-hybridized carbons (Fsp3) is 0.889. The van der Waals surface area contributed by atoms with E-state index in [0.717, 1.165) is 58.3 Å². The molecule has 120 valence electrons. The molecule has 21 heavy (non-hydrogen) atoms. The van der Waals surface area contributed by atoms with Gasteiger partial charge in [0.15, 0.2) is 0 Å². The lowest BCUT2D eigenvalue weighted by atomic mass is 9.71. The molecule has 0 amide bonds. The summed E-state index contributed by atoms with van der Waals surface area (Å²) in [6.45, 7) is 6.90. The quantitative estimate of drug-likeness (QED) is 0.794. The maximum absolute atomic E-state index is 10.9. The van der Waals surface area contributed by atoms with Gasteiger partial charge in [-0.1, -0.05) is 18.6 Å². The van der Waals surface area contributed by atoms with Crippen LogP contribution in [0.4, 0.5) is 0 Å². The Bertz CT molecular complexity index is 378. The molecule has 2 aliphatic heterocycles. The smallest absolute Gasteiger partial charge is 0.0730 e. The van der Waals surface area contributed by atoms with Crippen molar-refractivity contribution in [3.8, 4) is 0 Å². The molecule has 3 heteroatoms. The van der Waals surface area contributed by atoms with Gasteiger partial charge in [0.25, 0.3) is 0 Å². The molecular formula is C18H30O3. The largest absolute Gasteiger partial charge is 0.393 e. The van der Waals surface area contributed by atoms with Crippen molar-refractivity contribution in [2.45, 2.75) is 64.1 Å². The van der Waals surface area contributed by atoms with Crippen molar-refractivity contribution in [3.63, 3.8) is 0 Å². The van der Waals surface area contributed by atoms with Gasteiger partial charge in [-0.2, -0.15) is 0 Å². The van der Waals surface area contributed by atoms with Gasteiger partial charge in [0.05, 0.1) is 11.7 Å². The second kappa shape index (κ2) is 6.39. The third-order valence-electron chi connectivity index (χ3n) is 5.73. The number of aliphatic hydroxyl groups excluding tert-OH is 1. The predicted molar refractivity (Wildman–Crippen MR) is 83.1 cm³/mol. The van der Waals surface area contributed by atoms with E-state index in [9.17, 15) is 5.11 Å². The number of hydrogen-bond acceptors (Lipinski definition) is 3. The fourth-order valence-electron chi connectivity index (χ4n) is 4.69. The molecule has 3 aliphatic rings. The van der Waals surface area contributed by atoms with Gasteiger partial charge >= 0.3 is 0 Å². The predicted octanol–water partition coefficient (Wildman–Crippen LogP) is 3.32. The lowest BCUT2D eigenvalue weighted by Crippen LogP contribution is -2.48. The fourth-order valence-corrected chi connectivity index (χ4v) is 4.69. The van der Waals surface area contributed by atoms with Gasteiger partial charge in [-0.05, 0) is 63.2 Å². The van der Waals surface area contributed by atoms with Gasteiger partial charge in [-0.25, -0.2) is 0 Å². The highest BCUT2D eigenvalue weighted by Crippen LogP contribution is 2.42. The van der Waals surface area contributed by atoms with E-state index in [1.807, 2.05) is 0 Å². The highest BCUT2D eigenvalue weighted by atomic mass is 16.5. The number of allylic oxidation sites excluding steroid dienone is 2. The molecule has 0 aromatic carbocycles. The first-order chi connectivity index (χ1) is 10.1. The first kappa shape index (κ1) is 15.5. The zero-order valence-corrected chi connectivity index (χ0v) is 13.5. The number of ether oxygens (including phenoxy) is 2. The molecule has 1 N–H and O–H groups in total. The summed E-state index contributed by atoms with van der Waals surface area (Å²) in [6.07, 6.45) is 8.42. The summed E-state index contributed by atoms with van der Waals surface area (Å²) in [7, 11) is 0. The summed E-state index contributed by atoms with van der Waals surface area (Å²) < 4.78 is 11.6. The molecule has 2 saturated heterocycles. The van der Waals surface area contributed by atoms with E-state index in [4.69, 9.17) is 9.47 Å². The van der Waals surface area contributed by atoms with Crippen LogP contribution in [0.25, 0.3) is 0 Å². The summed E-state index contributed by atoms with van der Waals surface area (Å²) in [6, 6.07) is 0. The Morgan fingerprint density at radius 2 is 2.00 bits per heavy atom. The first-order valence-corrected chi connectivity index (χ1v) is 8.65. The maximum atomic E-state index is 10.9. The average Bonchev–Trinajstić information content (AvgIpc) is 2.46. The van der Waals surface area contributed by atoms with E-state index in [2.05, 4.69) is 19.9 Å². The Balaban J connectivity index is 1.64. The Labute approximate surface area is 128 Å². The Morgan fingerprint density at radius 3 is 2.71 bits per heavy atom. The van der Waals surface area contributed by atoms with Gasteiger partial charge in [0.1, 0.15) is 0 Å². The van der Waals surface area contributed by atoms with E-state index in [-0.39, 0.29) is 11.7 Å². The lowest BCUT2D eigenvalue weighted by Gasteiger charge is -2.46. The zero-order chi connectivity index (χ0) is 14.9. The molecule has 1 aliphatic carbocycles. The molecule has 4 atom stereocenters. The number of rotatable bonds is 2. The molecule has 0 saturated carbocycles. The van der Waals surface area contributed by atoms with Crippen LogP contribution in [0, 0.1) is 17.8 Å². The minimum atomic E-state index is -0.167. The van der Waals surface area contributed by atoms with Crippen LogP contribution in [-0.2, 0) is 9.47 Å². The molecule has 3 nitrogen and oxygen atoms in total. The molecular weight excluding hydrogens is 264 g/mol. The van der Waals surface area contributed by atoms with Gasteiger partial charge in [-0.15, -0.1) is 0 Å². The molecule has 4 unspecified atom stereocenters. The number of aliphatic hydroxyl groups is 1. The number of hydrogen-bond donors (Lipinski definition) is 1. The summed E-state index contributed by atoms with van der Waals surface area (Å²) in [5.41, 5.74) is 1.44. The molecule has 0 aromatic heterocycles. The van der Waals surface area contributed by atoms with Crippen LogP contribution in [0.3, 0.4) is 0 Å². The third-order valence-corrected chi connectivity index (χ3v) is 5.73. The second-order valence-corrected chi connectivity index (χ2v) is 7.58. The van der Waals surface area contributed by atoms with Gasteiger partial charge in [0.2, 0.25) is 0 Å².